The summed E-state index contributed by atoms with van der Waals surface area (Å²) in [4.78, 5) is 0. The van der Waals surface area contributed by atoms with Gasteiger partial charge < -0.3 is 5.11 Å². The van der Waals surface area contributed by atoms with Crippen LogP contribution in [-0.4, -0.2) is 14.9 Å². The van der Waals surface area contributed by atoms with Crippen molar-refractivity contribution >= 4 is 0 Å². The lowest BCUT2D eigenvalue weighted by molar-refractivity contribution is 0.475. The predicted octanol–water partition coefficient (Wildman–Crippen LogP) is 2.89. The summed E-state index contributed by atoms with van der Waals surface area (Å²) in [6.07, 6.45) is 1.89. The Morgan fingerprint density at radius 3 is 2.56 bits per heavy atom. The molecule has 0 bridgehead atoms. The van der Waals surface area contributed by atoms with Crippen molar-refractivity contribution in [2.75, 3.05) is 0 Å². The molecule has 0 unspecified atom stereocenters. The molecule has 0 aliphatic rings. The number of benzene rings is 1. The van der Waals surface area contributed by atoms with Crippen molar-refractivity contribution in [1.82, 2.24) is 9.78 Å². The third-order valence-electron chi connectivity index (χ3n) is 2.90. The van der Waals surface area contributed by atoms with Gasteiger partial charge >= 0.3 is 0 Å². The van der Waals surface area contributed by atoms with Crippen LogP contribution < -0.4 is 0 Å². The number of nitrogens with zero attached hydrogens (tertiary/aromatic N) is 2. The first-order valence-corrected chi connectivity index (χ1v) is 5.46. The molecule has 0 aliphatic heterocycles. The van der Waals surface area contributed by atoms with E-state index in [4.69, 9.17) is 0 Å². The number of phenolic OH excluding ortho intramolecular Hbond substituents is 1. The van der Waals surface area contributed by atoms with E-state index in [0.29, 0.717) is 5.75 Å². The minimum atomic E-state index is 0.307. The third kappa shape index (κ3) is 1.69. The van der Waals surface area contributed by atoms with Crippen molar-refractivity contribution in [2.45, 2.75) is 27.3 Å². The van der Waals surface area contributed by atoms with Gasteiger partial charge in [-0.05, 0) is 44.0 Å². The molecule has 0 saturated heterocycles. The Kier molecular flexibility index (Phi) is 2.69. The number of aryl methyl sites for hydroxylation is 2. The van der Waals surface area contributed by atoms with Gasteiger partial charge in [-0.25, -0.2) is 0 Å². The van der Waals surface area contributed by atoms with Crippen molar-refractivity contribution in [3.8, 4) is 16.9 Å². The van der Waals surface area contributed by atoms with Crippen LogP contribution in [0.2, 0.25) is 0 Å². The minimum absolute atomic E-state index is 0.307. The highest BCUT2D eigenvalue weighted by molar-refractivity contribution is 5.69. The zero-order valence-corrected chi connectivity index (χ0v) is 9.86. The van der Waals surface area contributed by atoms with Gasteiger partial charge in [-0.1, -0.05) is 6.07 Å². The smallest absolute Gasteiger partial charge is 0.115 e. The summed E-state index contributed by atoms with van der Waals surface area (Å²) >= 11 is 0. The maximum absolute atomic E-state index is 9.38. The molecule has 1 aromatic carbocycles. The number of rotatable bonds is 2. The largest absolute Gasteiger partial charge is 0.508 e. The monoisotopic (exact) mass is 216 g/mol. The Hall–Kier alpha value is -1.77. The molecule has 2 aromatic rings. The summed E-state index contributed by atoms with van der Waals surface area (Å²) in [6.45, 7) is 7.02. The van der Waals surface area contributed by atoms with Gasteiger partial charge in [0.1, 0.15) is 5.75 Å². The fourth-order valence-corrected chi connectivity index (χ4v) is 1.98. The molecule has 1 N–H and O–H groups in total. The number of hydrogen-bond acceptors (Lipinski definition) is 2. The molecule has 0 saturated carbocycles. The van der Waals surface area contributed by atoms with Gasteiger partial charge in [-0.15, -0.1) is 0 Å². The van der Waals surface area contributed by atoms with E-state index in [2.05, 4.69) is 18.9 Å². The molecule has 3 heteroatoms. The van der Waals surface area contributed by atoms with Crippen molar-refractivity contribution in [1.29, 1.82) is 0 Å². The van der Waals surface area contributed by atoms with Crippen LogP contribution in [0, 0.1) is 13.8 Å². The van der Waals surface area contributed by atoms with E-state index >= 15 is 0 Å². The van der Waals surface area contributed by atoms with Gasteiger partial charge in [-0.3, -0.25) is 4.68 Å². The van der Waals surface area contributed by atoms with E-state index < -0.39 is 0 Å². The van der Waals surface area contributed by atoms with Gasteiger partial charge in [0.2, 0.25) is 0 Å². The van der Waals surface area contributed by atoms with Crippen LogP contribution in [0.5, 0.6) is 5.75 Å². The highest BCUT2D eigenvalue weighted by Gasteiger charge is 2.09. The van der Waals surface area contributed by atoms with E-state index in [1.54, 1.807) is 12.1 Å². The topological polar surface area (TPSA) is 38.0 Å². The minimum Gasteiger partial charge on any atom is -0.508 e. The summed E-state index contributed by atoms with van der Waals surface area (Å²) in [5.74, 6) is 0.307. The Morgan fingerprint density at radius 1 is 1.25 bits per heavy atom. The Balaban J connectivity index is 2.54. The maximum Gasteiger partial charge on any atom is 0.115 e. The normalized spacial score (nSPS) is 10.7. The molecule has 0 spiro atoms. The van der Waals surface area contributed by atoms with Gasteiger partial charge in [0, 0.05) is 17.8 Å². The number of aromatic nitrogens is 2. The zero-order chi connectivity index (χ0) is 11.7. The first-order valence-electron chi connectivity index (χ1n) is 5.46. The zero-order valence-electron chi connectivity index (χ0n) is 9.86. The van der Waals surface area contributed by atoms with Gasteiger partial charge in [-0.2, -0.15) is 5.10 Å². The Morgan fingerprint density at radius 2 is 2.00 bits per heavy atom. The third-order valence-corrected chi connectivity index (χ3v) is 2.90. The highest BCUT2D eigenvalue weighted by Crippen LogP contribution is 2.28. The van der Waals surface area contributed by atoms with E-state index in [1.807, 2.05) is 23.9 Å². The molecule has 1 heterocycles. The van der Waals surface area contributed by atoms with E-state index in [0.717, 1.165) is 28.9 Å². The van der Waals surface area contributed by atoms with Crippen molar-refractivity contribution in [2.24, 2.45) is 0 Å². The van der Waals surface area contributed by atoms with Crippen molar-refractivity contribution in [3.05, 3.63) is 35.7 Å². The van der Waals surface area contributed by atoms with Gasteiger partial charge in [0.25, 0.3) is 0 Å². The molecule has 3 nitrogen and oxygen atoms in total. The van der Waals surface area contributed by atoms with Crippen LogP contribution in [0.15, 0.2) is 24.4 Å². The van der Waals surface area contributed by atoms with Gasteiger partial charge in [0.05, 0.1) is 6.20 Å². The molecule has 0 amide bonds. The lowest BCUT2D eigenvalue weighted by atomic mass is 10.0. The molecule has 0 radical (unpaired) electrons. The summed E-state index contributed by atoms with van der Waals surface area (Å²) < 4.78 is 1.97. The standard InChI is InChI=1S/C13H16N2O/c1-4-15-10(3)13(8-14-15)12-6-5-11(16)7-9(12)2/h5-8,16H,4H2,1-3H3. The fraction of sp³-hybridized carbons (Fsp3) is 0.308. The highest BCUT2D eigenvalue weighted by atomic mass is 16.3. The Labute approximate surface area is 95.3 Å². The maximum atomic E-state index is 9.38. The molecule has 0 fully saturated rings. The molecular formula is C13H16N2O. The molecule has 0 aliphatic carbocycles. The molecule has 16 heavy (non-hydrogen) atoms. The first-order chi connectivity index (χ1) is 7.63. The molecular weight excluding hydrogens is 200 g/mol. The second kappa shape index (κ2) is 4.00. The fourth-order valence-electron chi connectivity index (χ4n) is 1.98. The van der Waals surface area contributed by atoms with E-state index in [-0.39, 0.29) is 0 Å². The average Bonchev–Trinajstić information content (AvgIpc) is 2.60. The number of hydrogen-bond donors (Lipinski definition) is 1. The molecule has 84 valence electrons. The summed E-state index contributed by atoms with van der Waals surface area (Å²) in [6, 6.07) is 5.43. The number of aromatic hydroxyl groups is 1. The van der Waals surface area contributed by atoms with Crippen LogP contribution in [0.1, 0.15) is 18.2 Å². The SMILES string of the molecule is CCn1ncc(-c2ccc(O)cc2C)c1C. The second-order valence-corrected chi connectivity index (χ2v) is 3.96. The predicted molar refractivity (Wildman–Crippen MR) is 64.5 cm³/mol. The van der Waals surface area contributed by atoms with Crippen LogP contribution in [0.4, 0.5) is 0 Å². The van der Waals surface area contributed by atoms with Crippen LogP contribution >= 0.6 is 0 Å². The first kappa shape index (κ1) is 10.7. The molecule has 0 atom stereocenters. The summed E-state index contributed by atoms with van der Waals surface area (Å²) in [5, 5.41) is 13.7. The van der Waals surface area contributed by atoms with Crippen LogP contribution in [-0.2, 0) is 6.54 Å². The van der Waals surface area contributed by atoms with E-state index in [1.165, 1.54) is 0 Å². The summed E-state index contributed by atoms with van der Waals surface area (Å²) in [5.41, 5.74) is 4.50. The molecule has 1 aromatic heterocycles. The van der Waals surface area contributed by atoms with Crippen LogP contribution in [0.3, 0.4) is 0 Å². The number of phenols is 1. The quantitative estimate of drug-likeness (QED) is 0.838. The Bertz CT molecular complexity index is 515. The lowest BCUT2D eigenvalue weighted by Gasteiger charge is -2.06. The van der Waals surface area contributed by atoms with Crippen molar-refractivity contribution in [3.63, 3.8) is 0 Å². The van der Waals surface area contributed by atoms with Crippen LogP contribution in [0.25, 0.3) is 11.1 Å². The lowest BCUT2D eigenvalue weighted by Crippen LogP contribution is -1.98. The van der Waals surface area contributed by atoms with Gasteiger partial charge in [0.15, 0.2) is 0 Å². The second-order valence-electron chi connectivity index (χ2n) is 3.96. The summed E-state index contributed by atoms with van der Waals surface area (Å²) in [7, 11) is 0. The van der Waals surface area contributed by atoms with E-state index in [9.17, 15) is 5.11 Å². The average molecular weight is 216 g/mol. The van der Waals surface area contributed by atoms with Crippen molar-refractivity contribution < 1.29 is 5.11 Å². The molecule has 2 rings (SSSR count).